The third kappa shape index (κ3) is 6.29. The second-order valence-corrected chi connectivity index (χ2v) is 9.63. The first-order valence-electron chi connectivity index (χ1n) is 10.6. The number of carbonyl (C=O) groups is 1. The van der Waals surface area contributed by atoms with E-state index in [-0.39, 0.29) is 17.3 Å². The van der Waals surface area contributed by atoms with Crippen LogP contribution in [0.2, 0.25) is 0 Å². The molecule has 1 fully saturated rings. The number of aryl methyl sites for hydroxylation is 2. The molecule has 1 aliphatic heterocycles. The Morgan fingerprint density at radius 3 is 2.48 bits per heavy atom. The number of rotatable bonds is 9. The highest BCUT2D eigenvalue weighted by molar-refractivity contribution is 7.92. The normalized spacial score (nSPS) is 14.9. The van der Waals surface area contributed by atoms with Crippen molar-refractivity contribution in [2.75, 3.05) is 50.2 Å². The Kier molecular flexibility index (Phi) is 8.06. The van der Waals surface area contributed by atoms with E-state index in [9.17, 15) is 13.2 Å². The topological polar surface area (TPSA) is 79.0 Å². The maximum absolute atomic E-state index is 13.4. The highest BCUT2D eigenvalue weighted by Gasteiger charge is 2.28. The Balaban J connectivity index is 1.70. The van der Waals surface area contributed by atoms with Gasteiger partial charge in [-0.1, -0.05) is 35.9 Å². The SMILES string of the molecule is Cc1ccc(N(CC(=O)NCCCN2CCOCC2)S(=O)(=O)c2ccccc2)c(C)c1. The fourth-order valence-corrected chi connectivity index (χ4v) is 5.15. The zero-order chi connectivity index (χ0) is 22.3. The molecule has 0 aliphatic carbocycles. The highest BCUT2D eigenvalue weighted by Crippen LogP contribution is 2.27. The molecule has 0 saturated carbocycles. The van der Waals surface area contributed by atoms with Crippen molar-refractivity contribution in [1.29, 1.82) is 0 Å². The summed E-state index contributed by atoms with van der Waals surface area (Å²) in [6.07, 6.45) is 0.806. The van der Waals surface area contributed by atoms with Crippen LogP contribution in [0.4, 0.5) is 5.69 Å². The lowest BCUT2D eigenvalue weighted by atomic mass is 10.1. The molecule has 1 saturated heterocycles. The number of amides is 1. The minimum absolute atomic E-state index is 0.162. The fraction of sp³-hybridized carbons (Fsp3) is 0.435. The molecule has 2 aromatic carbocycles. The van der Waals surface area contributed by atoms with E-state index in [0.29, 0.717) is 12.2 Å². The van der Waals surface area contributed by atoms with Gasteiger partial charge in [0.2, 0.25) is 5.91 Å². The van der Waals surface area contributed by atoms with Gasteiger partial charge in [-0.2, -0.15) is 0 Å². The average molecular weight is 446 g/mol. The number of nitrogens with one attached hydrogen (secondary N) is 1. The summed E-state index contributed by atoms with van der Waals surface area (Å²) in [5.74, 6) is -0.318. The number of hydrogen-bond donors (Lipinski definition) is 1. The van der Waals surface area contributed by atoms with E-state index in [0.717, 1.165) is 50.4 Å². The highest BCUT2D eigenvalue weighted by atomic mass is 32.2. The molecule has 31 heavy (non-hydrogen) atoms. The molecule has 3 rings (SSSR count). The number of anilines is 1. The van der Waals surface area contributed by atoms with Crippen molar-refractivity contribution in [2.24, 2.45) is 0 Å². The predicted octanol–water partition coefficient (Wildman–Crippen LogP) is 2.34. The summed E-state index contributed by atoms with van der Waals surface area (Å²) >= 11 is 0. The molecule has 0 unspecified atom stereocenters. The zero-order valence-corrected chi connectivity index (χ0v) is 19.0. The Hall–Kier alpha value is -2.42. The second kappa shape index (κ2) is 10.7. The minimum Gasteiger partial charge on any atom is -0.379 e. The lowest BCUT2D eigenvalue weighted by Gasteiger charge is -2.27. The quantitative estimate of drug-likeness (QED) is 0.600. The van der Waals surface area contributed by atoms with Crippen LogP contribution in [0.25, 0.3) is 0 Å². The maximum atomic E-state index is 13.4. The molecule has 0 aromatic heterocycles. The van der Waals surface area contributed by atoms with Crippen molar-refractivity contribution in [2.45, 2.75) is 25.2 Å². The van der Waals surface area contributed by atoms with E-state index in [4.69, 9.17) is 4.74 Å². The molecular formula is C23H31N3O4S. The summed E-state index contributed by atoms with van der Waals surface area (Å²) in [5.41, 5.74) is 2.35. The monoisotopic (exact) mass is 445 g/mol. The molecule has 1 N–H and O–H groups in total. The van der Waals surface area contributed by atoms with Gasteiger partial charge in [0.25, 0.3) is 10.0 Å². The van der Waals surface area contributed by atoms with Crippen LogP contribution >= 0.6 is 0 Å². The van der Waals surface area contributed by atoms with Crippen LogP contribution in [-0.2, 0) is 19.6 Å². The van der Waals surface area contributed by atoms with Gasteiger partial charge in [0, 0.05) is 19.6 Å². The molecule has 0 radical (unpaired) electrons. The van der Waals surface area contributed by atoms with Gasteiger partial charge in [0.1, 0.15) is 6.54 Å². The van der Waals surface area contributed by atoms with Gasteiger partial charge >= 0.3 is 0 Å². The van der Waals surface area contributed by atoms with Crippen molar-refractivity contribution >= 4 is 21.6 Å². The lowest BCUT2D eigenvalue weighted by Crippen LogP contribution is -2.42. The Morgan fingerprint density at radius 2 is 1.81 bits per heavy atom. The second-order valence-electron chi connectivity index (χ2n) is 7.77. The summed E-state index contributed by atoms with van der Waals surface area (Å²) in [5, 5.41) is 2.87. The predicted molar refractivity (Wildman–Crippen MR) is 122 cm³/mol. The number of morpholine rings is 1. The van der Waals surface area contributed by atoms with E-state index in [1.807, 2.05) is 26.0 Å². The first kappa shape index (κ1) is 23.2. The van der Waals surface area contributed by atoms with Gasteiger partial charge in [-0.3, -0.25) is 14.0 Å². The number of carbonyl (C=O) groups excluding carboxylic acids is 1. The third-order valence-corrected chi connectivity index (χ3v) is 7.09. The lowest BCUT2D eigenvalue weighted by molar-refractivity contribution is -0.119. The van der Waals surface area contributed by atoms with Crippen LogP contribution < -0.4 is 9.62 Å². The standard InChI is InChI=1S/C23H31N3O4S/c1-19-9-10-22(20(2)17-19)26(31(28,29)21-7-4-3-5-8-21)18-23(27)24-11-6-12-25-13-15-30-16-14-25/h3-5,7-10,17H,6,11-16,18H2,1-2H3,(H,24,27). The van der Waals surface area contributed by atoms with Crippen LogP contribution in [0.1, 0.15) is 17.5 Å². The molecular weight excluding hydrogens is 414 g/mol. The molecule has 7 nitrogen and oxygen atoms in total. The number of benzene rings is 2. The number of nitrogens with zero attached hydrogens (tertiary/aromatic N) is 2. The molecule has 1 aliphatic rings. The number of sulfonamides is 1. The van der Waals surface area contributed by atoms with Gasteiger partial charge in [-0.25, -0.2) is 8.42 Å². The molecule has 0 bridgehead atoms. The molecule has 1 amide bonds. The van der Waals surface area contributed by atoms with Gasteiger partial charge in [0.15, 0.2) is 0 Å². The van der Waals surface area contributed by atoms with E-state index >= 15 is 0 Å². The molecule has 0 atom stereocenters. The first-order valence-corrected chi connectivity index (χ1v) is 12.0. The van der Waals surface area contributed by atoms with Gasteiger partial charge in [-0.15, -0.1) is 0 Å². The van der Waals surface area contributed by atoms with E-state index in [2.05, 4.69) is 10.2 Å². The fourth-order valence-electron chi connectivity index (χ4n) is 3.65. The largest absolute Gasteiger partial charge is 0.379 e. The van der Waals surface area contributed by atoms with E-state index in [1.165, 1.54) is 4.31 Å². The molecule has 8 heteroatoms. The van der Waals surface area contributed by atoms with Crippen molar-refractivity contribution in [1.82, 2.24) is 10.2 Å². The average Bonchev–Trinajstić information content (AvgIpc) is 2.77. The molecule has 1 heterocycles. The first-order chi connectivity index (χ1) is 14.9. The van der Waals surface area contributed by atoms with Crippen molar-refractivity contribution in [3.05, 3.63) is 59.7 Å². The third-order valence-electron chi connectivity index (χ3n) is 5.32. The molecule has 2 aromatic rings. The van der Waals surface area contributed by atoms with Crippen molar-refractivity contribution in [3.8, 4) is 0 Å². The Labute approximate surface area is 185 Å². The maximum Gasteiger partial charge on any atom is 0.264 e. The number of ether oxygens (including phenoxy) is 1. The van der Waals surface area contributed by atoms with Gasteiger partial charge in [0.05, 0.1) is 23.8 Å². The van der Waals surface area contributed by atoms with E-state index < -0.39 is 10.0 Å². The zero-order valence-electron chi connectivity index (χ0n) is 18.2. The van der Waals surface area contributed by atoms with E-state index in [1.54, 1.807) is 36.4 Å². The van der Waals surface area contributed by atoms with Crippen molar-refractivity contribution in [3.63, 3.8) is 0 Å². The Bertz CT molecular complexity index is 974. The van der Waals surface area contributed by atoms with Crippen molar-refractivity contribution < 1.29 is 17.9 Å². The van der Waals surface area contributed by atoms with Crippen LogP contribution in [0.3, 0.4) is 0 Å². The van der Waals surface area contributed by atoms with Crippen LogP contribution in [-0.4, -0.2) is 65.2 Å². The summed E-state index contributed by atoms with van der Waals surface area (Å²) in [6, 6.07) is 13.8. The van der Waals surface area contributed by atoms with Crippen LogP contribution in [0.5, 0.6) is 0 Å². The minimum atomic E-state index is -3.88. The molecule has 0 spiro atoms. The summed E-state index contributed by atoms with van der Waals surface area (Å²) in [7, 11) is -3.88. The summed E-state index contributed by atoms with van der Waals surface area (Å²) in [6.45, 7) is 8.23. The van der Waals surface area contributed by atoms with Gasteiger partial charge < -0.3 is 10.1 Å². The number of hydrogen-bond acceptors (Lipinski definition) is 5. The summed E-state index contributed by atoms with van der Waals surface area (Å²) in [4.78, 5) is 15.1. The summed E-state index contributed by atoms with van der Waals surface area (Å²) < 4.78 is 33.3. The smallest absolute Gasteiger partial charge is 0.264 e. The van der Waals surface area contributed by atoms with Crippen LogP contribution in [0, 0.1) is 13.8 Å². The Morgan fingerprint density at radius 1 is 1.10 bits per heavy atom. The molecule has 168 valence electrons. The van der Waals surface area contributed by atoms with Gasteiger partial charge in [-0.05, 0) is 50.6 Å². The van der Waals surface area contributed by atoms with Crippen LogP contribution in [0.15, 0.2) is 53.4 Å².